The number of hydrogen-bond donors (Lipinski definition) is 2. The summed E-state index contributed by atoms with van der Waals surface area (Å²) in [5.41, 5.74) is -0.548. The van der Waals surface area contributed by atoms with Crippen molar-refractivity contribution in [2.45, 2.75) is 42.0 Å². The van der Waals surface area contributed by atoms with Gasteiger partial charge in [0.2, 0.25) is 15.9 Å². The van der Waals surface area contributed by atoms with Gasteiger partial charge in [-0.3, -0.25) is 14.2 Å². The zero-order valence-corrected chi connectivity index (χ0v) is 29.2. The van der Waals surface area contributed by atoms with Gasteiger partial charge in [0, 0.05) is 24.7 Å². The van der Waals surface area contributed by atoms with E-state index in [2.05, 4.69) is 20.8 Å². The minimum Gasteiger partial charge on any atom is -0.497 e. The number of carbonyl (C=O) groups is 2. The largest absolute Gasteiger partial charge is 0.497 e. The lowest BCUT2D eigenvalue weighted by Crippen LogP contribution is -2.35. The number of hydrogen-bond acceptors (Lipinski definition) is 9. The van der Waals surface area contributed by atoms with Crippen molar-refractivity contribution < 1.29 is 40.7 Å². The first kappa shape index (κ1) is 36.9. The molecule has 0 spiro atoms. The van der Waals surface area contributed by atoms with Crippen molar-refractivity contribution in [3.8, 4) is 17.2 Å². The van der Waals surface area contributed by atoms with Gasteiger partial charge < -0.3 is 20.1 Å². The number of carbonyl (C=O) groups excluding carboxylic acids is 2. The average molecular weight is 753 g/mol. The lowest BCUT2D eigenvalue weighted by atomic mass is 10.2. The topological polar surface area (TPSA) is 145 Å². The van der Waals surface area contributed by atoms with Crippen molar-refractivity contribution in [2.75, 3.05) is 38.4 Å². The molecule has 2 heterocycles. The molecule has 2 amide bonds. The van der Waals surface area contributed by atoms with Crippen molar-refractivity contribution in [1.29, 1.82) is 0 Å². The zero-order valence-electron chi connectivity index (χ0n) is 26.8. The molecule has 4 aromatic rings. The highest BCUT2D eigenvalue weighted by Gasteiger charge is 2.31. The summed E-state index contributed by atoms with van der Waals surface area (Å²) in [6, 6.07) is 13.2. The van der Waals surface area contributed by atoms with Crippen LogP contribution in [0.3, 0.4) is 0 Å². The predicted molar refractivity (Wildman–Crippen MR) is 180 cm³/mol. The van der Waals surface area contributed by atoms with E-state index in [-0.39, 0.29) is 44.4 Å². The molecule has 0 atom stereocenters. The number of piperidine rings is 1. The molecule has 1 aromatic heterocycles. The van der Waals surface area contributed by atoms with Crippen LogP contribution in [-0.4, -0.2) is 72.4 Å². The number of sulfonamides is 1. The Morgan fingerprint density at radius 1 is 0.960 bits per heavy atom. The molecule has 0 unspecified atom stereocenters. The highest BCUT2D eigenvalue weighted by molar-refractivity contribution is 7.99. The highest BCUT2D eigenvalue weighted by atomic mass is 35.5. The highest BCUT2D eigenvalue weighted by Crippen LogP contribution is 2.35. The van der Waals surface area contributed by atoms with Gasteiger partial charge in [0.1, 0.15) is 11.5 Å². The molecule has 5 rings (SSSR count). The van der Waals surface area contributed by atoms with Gasteiger partial charge in [-0.2, -0.15) is 17.5 Å². The molecule has 50 heavy (non-hydrogen) atoms. The van der Waals surface area contributed by atoms with Crippen LogP contribution in [0.5, 0.6) is 11.5 Å². The fourth-order valence-electron chi connectivity index (χ4n) is 5.13. The number of rotatable bonds is 12. The summed E-state index contributed by atoms with van der Waals surface area (Å²) in [7, 11) is -0.747. The maximum Gasteiger partial charge on any atom is 0.416 e. The molecule has 1 saturated heterocycles. The van der Waals surface area contributed by atoms with E-state index < -0.39 is 33.6 Å². The quantitative estimate of drug-likeness (QED) is 0.172. The van der Waals surface area contributed by atoms with Gasteiger partial charge >= 0.3 is 6.18 Å². The molecule has 0 radical (unpaired) electrons. The third-order valence-corrected chi connectivity index (χ3v) is 10.9. The molecular weight excluding hydrogens is 721 g/mol. The maximum absolute atomic E-state index is 13.2. The number of alkyl halides is 3. The Balaban J connectivity index is 1.35. The van der Waals surface area contributed by atoms with Crippen molar-refractivity contribution in [3.63, 3.8) is 0 Å². The van der Waals surface area contributed by atoms with Crippen LogP contribution in [0.1, 0.15) is 41.0 Å². The second kappa shape index (κ2) is 15.7. The Hall–Kier alpha value is -4.32. The smallest absolute Gasteiger partial charge is 0.416 e. The van der Waals surface area contributed by atoms with Crippen LogP contribution in [0.25, 0.3) is 5.69 Å². The second-order valence-corrected chi connectivity index (χ2v) is 14.3. The van der Waals surface area contributed by atoms with Crippen LogP contribution < -0.4 is 20.1 Å². The molecule has 0 bridgehead atoms. The van der Waals surface area contributed by atoms with E-state index in [0.29, 0.717) is 30.3 Å². The molecule has 3 aromatic carbocycles. The summed E-state index contributed by atoms with van der Waals surface area (Å²) in [6.07, 6.45) is -2.05. The van der Waals surface area contributed by atoms with Crippen LogP contribution in [-0.2, 0) is 27.5 Å². The van der Waals surface area contributed by atoms with Crippen LogP contribution in [0.15, 0.2) is 70.7 Å². The Labute approximate surface area is 295 Å². The zero-order chi connectivity index (χ0) is 36.1. The standard InChI is InChI=1S/C32H32ClF3N6O6S2/c1-47-22-9-13-27(48-2)26(17-22)42-28(18-37-30(44)20-6-10-23(11-7-20)50(45,46)41-14-4-3-5-15-41)39-40-31(42)49-19-29(43)38-25-16-21(32(34,35)36)8-12-24(25)33/h6-13,16-17H,3-5,14-15,18-19H2,1-2H3,(H,37,44)(H,38,43). The van der Waals surface area contributed by atoms with Crippen molar-refractivity contribution in [2.24, 2.45) is 0 Å². The number of thioether (sulfide) groups is 1. The number of anilines is 1. The summed E-state index contributed by atoms with van der Waals surface area (Å²) < 4.78 is 79.6. The number of methoxy groups -OCH3 is 2. The molecule has 266 valence electrons. The number of benzene rings is 3. The third-order valence-electron chi connectivity index (χ3n) is 7.70. The van der Waals surface area contributed by atoms with E-state index in [1.165, 1.54) is 42.8 Å². The average Bonchev–Trinajstić information content (AvgIpc) is 3.52. The maximum atomic E-state index is 13.2. The van der Waals surface area contributed by atoms with Gasteiger partial charge in [-0.1, -0.05) is 29.8 Å². The summed E-state index contributed by atoms with van der Waals surface area (Å²) in [6.45, 7) is 0.767. The van der Waals surface area contributed by atoms with E-state index >= 15 is 0 Å². The van der Waals surface area contributed by atoms with Crippen LogP contribution in [0.2, 0.25) is 5.02 Å². The Morgan fingerprint density at radius 2 is 1.68 bits per heavy atom. The first-order chi connectivity index (χ1) is 23.8. The Kier molecular flexibility index (Phi) is 11.6. The monoisotopic (exact) mass is 752 g/mol. The Morgan fingerprint density at radius 3 is 2.34 bits per heavy atom. The van der Waals surface area contributed by atoms with Crippen LogP contribution in [0, 0.1) is 0 Å². The number of nitrogens with zero attached hydrogens (tertiary/aromatic N) is 4. The van der Waals surface area contributed by atoms with Gasteiger partial charge in [-0.25, -0.2) is 8.42 Å². The van der Waals surface area contributed by atoms with Gasteiger partial charge in [0.15, 0.2) is 11.0 Å². The molecule has 12 nitrogen and oxygen atoms in total. The van der Waals surface area contributed by atoms with E-state index in [1.54, 1.807) is 22.8 Å². The fraction of sp³-hybridized carbons (Fsp3) is 0.312. The number of halogens is 4. The van der Waals surface area contributed by atoms with E-state index in [1.807, 2.05) is 0 Å². The van der Waals surface area contributed by atoms with Crippen molar-refractivity contribution in [3.05, 3.63) is 82.6 Å². The fourth-order valence-corrected chi connectivity index (χ4v) is 7.58. The van der Waals surface area contributed by atoms with Crippen LogP contribution in [0.4, 0.5) is 18.9 Å². The first-order valence-electron chi connectivity index (χ1n) is 15.2. The predicted octanol–water partition coefficient (Wildman–Crippen LogP) is 5.79. The normalized spacial score (nSPS) is 13.9. The van der Waals surface area contributed by atoms with Gasteiger partial charge in [-0.15, -0.1) is 10.2 Å². The molecule has 2 N–H and O–H groups in total. The number of nitrogens with one attached hydrogen (secondary N) is 2. The molecule has 0 saturated carbocycles. The minimum atomic E-state index is -4.63. The number of ether oxygens (including phenoxy) is 2. The molecule has 18 heteroatoms. The third kappa shape index (κ3) is 8.51. The van der Waals surface area contributed by atoms with Crippen molar-refractivity contribution >= 4 is 50.9 Å². The second-order valence-electron chi connectivity index (χ2n) is 11.0. The lowest BCUT2D eigenvalue weighted by Gasteiger charge is -2.25. The molecule has 0 aliphatic carbocycles. The van der Waals surface area contributed by atoms with E-state index in [0.717, 1.165) is 49.2 Å². The van der Waals surface area contributed by atoms with Crippen LogP contribution >= 0.6 is 23.4 Å². The van der Waals surface area contributed by atoms with E-state index in [4.69, 9.17) is 21.1 Å². The summed E-state index contributed by atoms with van der Waals surface area (Å²) in [5.74, 6) is -0.397. The minimum absolute atomic E-state index is 0.0723. The molecule has 1 aliphatic heterocycles. The lowest BCUT2D eigenvalue weighted by molar-refractivity contribution is -0.137. The van der Waals surface area contributed by atoms with Crippen molar-refractivity contribution in [1.82, 2.24) is 24.4 Å². The summed E-state index contributed by atoms with van der Waals surface area (Å²) in [5, 5.41) is 13.7. The Bertz CT molecular complexity index is 1970. The van der Waals surface area contributed by atoms with E-state index in [9.17, 15) is 31.2 Å². The molecule has 1 fully saturated rings. The summed E-state index contributed by atoms with van der Waals surface area (Å²) >= 11 is 6.96. The summed E-state index contributed by atoms with van der Waals surface area (Å²) in [4.78, 5) is 26.1. The number of aromatic nitrogens is 3. The first-order valence-corrected chi connectivity index (χ1v) is 18.0. The number of amides is 2. The molecular formula is C32H32ClF3N6O6S2. The molecule has 1 aliphatic rings. The van der Waals surface area contributed by atoms with Gasteiger partial charge in [0.25, 0.3) is 5.91 Å². The van der Waals surface area contributed by atoms with Gasteiger partial charge in [0.05, 0.1) is 53.4 Å². The van der Waals surface area contributed by atoms with Gasteiger partial charge in [-0.05, 0) is 67.4 Å². The SMILES string of the molecule is COc1ccc(OC)c(-n2c(CNC(=O)c3ccc(S(=O)(=O)N4CCCCC4)cc3)nnc2SCC(=O)Nc2cc(C(F)(F)F)ccc2Cl)c1.